The van der Waals surface area contributed by atoms with Crippen LogP contribution in [0.1, 0.15) is 12.8 Å². The van der Waals surface area contributed by atoms with Crippen molar-refractivity contribution in [2.45, 2.75) is 12.8 Å². The zero-order valence-corrected chi connectivity index (χ0v) is 11.7. The van der Waals surface area contributed by atoms with E-state index in [1.54, 1.807) is 0 Å². The lowest BCUT2D eigenvalue weighted by atomic mass is 10.3. The zero-order chi connectivity index (χ0) is 12.9. The first-order chi connectivity index (χ1) is 7.87. The largest absolute Gasteiger partial charge is 0.320 e. The molecule has 0 amide bonds. The van der Waals surface area contributed by atoms with Gasteiger partial charge in [0.2, 0.25) is 10.0 Å². The predicted octanol–water partition coefficient (Wildman–Crippen LogP) is -0.954. The smallest absolute Gasteiger partial charge is 0.214 e. The van der Waals surface area contributed by atoms with Crippen LogP contribution in [0.25, 0.3) is 0 Å². The molecule has 1 rings (SSSR count). The molecule has 0 bridgehead atoms. The molecule has 8 heteroatoms. The number of sulfone groups is 1. The average molecular weight is 284 g/mol. The minimum atomic E-state index is -3.27. The van der Waals surface area contributed by atoms with Gasteiger partial charge in [-0.25, -0.2) is 16.8 Å². The molecule has 1 saturated heterocycles. The molecule has 0 unspecified atom stereocenters. The maximum atomic E-state index is 11.9. The summed E-state index contributed by atoms with van der Waals surface area (Å²) in [5.41, 5.74) is 0. The highest BCUT2D eigenvalue weighted by Gasteiger charge is 2.29. The normalized spacial score (nSPS) is 21.5. The van der Waals surface area contributed by atoms with Gasteiger partial charge < -0.3 is 5.32 Å². The fraction of sp³-hybridized carbons (Fsp3) is 1.00. The maximum absolute atomic E-state index is 11.9. The predicted molar refractivity (Wildman–Crippen MR) is 67.2 cm³/mol. The molecule has 1 fully saturated rings. The number of nitrogens with one attached hydrogen (secondary N) is 1. The van der Waals surface area contributed by atoms with Crippen LogP contribution in [-0.4, -0.2) is 65.1 Å². The van der Waals surface area contributed by atoms with Crippen LogP contribution in [0.3, 0.4) is 0 Å². The van der Waals surface area contributed by atoms with Gasteiger partial charge in [0.25, 0.3) is 0 Å². The van der Waals surface area contributed by atoms with E-state index in [9.17, 15) is 16.8 Å². The van der Waals surface area contributed by atoms with E-state index in [-0.39, 0.29) is 30.3 Å². The molecule has 0 radical (unpaired) electrons. The van der Waals surface area contributed by atoms with E-state index in [4.69, 9.17) is 0 Å². The summed E-state index contributed by atoms with van der Waals surface area (Å²) < 4.78 is 47.4. The van der Waals surface area contributed by atoms with Crippen molar-refractivity contribution in [1.82, 2.24) is 9.62 Å². The topological polar surface area (TPSA) is 83.6 Å². The molecule has 0 aliphatic carbocycles. The highest BCUT2D eigenvalue weighted by Crippen LogP contribution is 2.10. The van der Waals surface area contributed by atoms with Crippen molar-refractivity contribution in [3.8, 4) is 0 Å². The molecule has 0 saturated carbocycles. The van der Waals surface area contributed by atoms with Gasteiger partial charge in [0.1, 0.15) is 0 Å². The molecule has 1 N–H and O–H groups in total. The van der Waals surface area contributed by atoms with Crippen molar-refractivity contribution in [3.63, 3.8) is 0 Å². The van der Waals surface area contributed by atoms with Crippen molar-refractivity contribution in [1.29, 1.82) is 0 Å². The number of hydrogen-bond donors (Lipinski definition) is 1. The van der Waals surface area contributed by atoms with Crippen LogP contribution in [-0.2, 0) is 19.9 Å². The van der Waals surface area contributed by atoms with Crippen molar-refractivity contribution in [3.05, 3.63) is 0 Å². The summed E-state index contributed by atoms with van der Waals surface area (Å²) in [4.78, 5) is 0. The number of sulfonamides is 1. The summed E-state index contributed by atoms with van der Waals surface area (Å²) in [6, 6.07) is 0. The van der Waals surface area contributed by atoms with Gasteiger partial charge >= 0.3 is 0 Å². The summed E-state index contributed by atoms with van der Waals surface area (Å²) in [5, 5.41) is 2.96. The Morgan fingerprint density at radius 1 is 1.18 bits per heavy atom. The van der Waals surface area contributed by atoms with Crippen molar-refractivity contribution in [2.75, 3.05) is 43.9 Å². The lowest BCUT2D eigenvalue weighted by Gasteiger charge is -2.25. The molecular formula is C9H20N2O4S2. The molecule has 0 spiro atoms. The van der Waals surface area contributed by atoms with E-state index >= 15 is 0 Å². The Morgan fingerprint density at radius 2 is 1.76 bits per heavy atom. The minimum absolute atomic E-state index is 0.0528. The van der Waals surface area contributed by atoms with Crippen LogP contribution in [0.2, 0.25) is 0 Å². The Kier molecular flexibility index (Phi) is 5.36. The SMILES string of the molecule is CNCCCCS(=O)(=O)N1CCS(=O)(=O)CC1. The van der Waals surface area contributed by atoms with Crippen molar-refractivity contribution in [2.24, 2.45) is 0 Å². The Hall–Kier alpha value is -0.180. The first-order valence-corrected chi connectivity index (χ1v) is 9.13. The Balaban J connectivity index is 2.43. The monoisotopic (exact) mass is 284 g/mol. The quantitative estimate of drug-likeness (QED) is 0.636. The van der Waals surface area contributed by atoms with Gasteiger partial charge in [0.15, 0.2) is 9.84 Å². The molecule has 102 valence electrons. The molecule has 1 heterocycles. The fourth-order valence-electron chi connectivity index (χ4n) is 1.69. The molecular weight excluding hydrogens is 264 g/mol. The lowest BCUT2D eigenvalue weighted by Crippen LogP contribution is -2.44. The second-order valence-electron chi connectivity index (χ2n) is 4.18. The van der Waals surface area contributed by atoms with Crippen LogP contribution in [0, 0.1) is 0 Å². The standard InChI is InChI=1S/C9H20N2O4S2/c1-10-4-2-3-7-17(14,15)11-5-8-16(12,13)9-6-11/h10H,2-9H2,1H3. The van der Waals surface area contributed by atoms with Crippen LogP contribution < -0.4 is 5.32 Å². The summed E-state index contributed by atoms with van der Waals surface area (Å²) in [7, 11) is -4.47. The molecule has 0 aromatic carbocycles. The van der Waals surface area contributed by atoms with Crippen LogP contribution in [0.5, 0.6) is 0 Å². The molecule has 0 atom stereocenters. The minimum Gasteiger partial charge on any atom is -0.320 e. The van der Waals surface area contributed by atoms with Gasteiger partial charge in [-0.15, -0.1) is 0 Å². The highest BCUT2D eigenvalue weighted by atomic mass is 32.2. The van der Waals surface area contributed by atoms with E-state index in [2.05, 4.69) is 5.32 Å². The van der Waals surface area contributed by atoms with E-state index < -0.39 is 19.9 Å². The molecule has 0 aromatic heterocycles. The summed E-state index contributed by atoms with van der Waals surface area (Å²) in [6.45, 7) is 1.01. The summed E-state index contributed by atoms with van der Waals surface area (Å²) in [6.07, 6.45) is 1.41. The molecule has 1 aliphatic rings. The molecule has 6 nitrogen and oxygen atoms in total. The van der Waals surface area contributed by atoms with E-state index in [0.717, 1.165) is 13.0 Å². The van der Waals surface area contributed by atoms with Gasteiger partial charge in [-0.1, -0.05) is 0 Å². The summed E-state index contributed by atoms with van der Waals surface area (Å²) >= 11 is 0. The summed E-state index contributed by atoms with van der Waals surface area (Å²) in [5.74, 6) is 0.000217. The second kappa shape index (κ2) is 6.12. The Morgan fingerprint density at radius 3 is 2.29 bits per heavy atom. The first-order valence-electron chi connectivity index (χ1n) is 5.70. The third-order valence-electron chi connectivity index (χ3n) is 2.78. The van der Waals surface area contributed by atoms with Gasteiger partial charge in [0.05, 0.1) is 17.3 Å². The Bertz CT molecular complexity index is 416. The number of hydrogen-bond acceptors (Lipinski definition) is 5. The van der Waals surface area contributed by atoms with Crippen molar-refractivity contribution < 1.29 is 16.8 Å². The van der Waals surface area contributed by atoms with Gasteiger partial charge in [-0.05, 0) is 26.4 Å². The van der Waals surface area contributed by atoms with Crippen LogP contribution >= 0.6 is 0 Å². The van der Waals surface area contributed by atoms with Gasteiger partial charge in [-0.3, -0.25) is 0 Å². The lowest BCUT2D eigenvalue weighted by molar-refractivity contribution is 0.429. The highest BCUT2D eigenvalue weighted by molar-refractivity contribution is 7.92. The van der Waals surface area contributed by atoms with Gasteiger partial charge in [-0.2, -0.15) is 4.31 Å². The average Bonchev–Trinajstić information content (AvgIpc) is 2.24. The second-order valence-corrected chi connectivity index (χ2v) is 8.57. The number of rotatable bonds is 6. The van der Waals surface area contributed by atoms with Gasteiger partial charge in [0, 0.05) is 13.1 Å². The zero-order valence-electron chi connectivity index (χ0n) is 10.1. The first kappa shape index (κ1) is 14.9. The third-order valence-corrected chi connectivity index (χ3v) is 6.34. The van der Waals surface area contributed by atoms with Crippen LogP contribution in [0.4, 0.5) is 0 Å². The fourth-order valence-corrected chi connectivity index (χ4v) is 4.69. The number of unbranched alkanes of at least 4 members (excludes halogenated alkanes) is 1. The maximum Gasteiger partial charge on any atom is 0.214 e. The van der Waals surface area contributed by atoms with Crippen molar-refractivity contribution >= 4 is 19.9 Å². The third kappa shape index (κ3) is 4.90. The molecule has 17 heavy (non-hydrogen) atoms. The van der Waals surface area contributed by atoms with Crippen LogP contribution in [0.15, 0.2) is 0 Å². The number of nitrogens with zero attached hydrogens (tertiary/aromatic N) is 1. The van der Waals surface area contributed by atoms with E-state index in [1.165, 1.54) is 4.31 Å². The van der Waals surface area contributed by atoms with E-state index in [0.29, 0.717) is 6.42 Å². The molecule has 0 aromatic rings. The molecule has 1 aliphatic heterocycles. The van der Waals surface area contributed by atoms with E-state index in [1.807, 2.05) is 7.05 Å². The Labute approximate surface area is 103 Å².